The van der Waals surface area contributed by atoms with Gasteiger partial charge in [0.05, 0.1) is 16.3 Å². The highest BCUT2D eigenvalue weighted by Crippen LogP contribution is 2.30. The number of thiocarbonyl (C=S) groups is 1. The first-order valence-electron chi connectivity index (χ1n) is 8.59. The predicted molar refractivity (Wildman–Crippen MR) is 115 cm³/mol. The van der Waals surface area contributed by atoms with Gasteiger partial charge in [0.1, 0.15) is 5.75 Å². The van der Waals surface area contributed by atoms with Gasteiger partial charge in [-0.25, -0.2) is 4.98 Å². The molecular weight excluding hydrogens is 378 g/mol. The van der Waals surface area contributed by atoms with E-state index in [0.29, 0.717) is 16.4 Å². The largest absolute Gasteiger partial charge is 0.491 e. The molecule has 0 unspecified atom stereocenters. The summed E-state index contributed by atoms with van der Waals surface area (Å²) in [5, 5.41) is 6.57. The molecule has 1 heterocycles. The molecule has 0 saturated carbocycles. The van der Waals surface area contributed by atoms with Crippen LogP contribution in [-0.2, 0) is 0 Å². The molecule has 0 atom stereocenters. The maximum absolute atomic E-state index is 12.5. The lowest BCUT2D eigenvalue weighted by Crippen LogP contribution is -2.34. The molecule has 0 aliphatic carbocycles. The Hall–Kier alpha value is -2.51. The van der Waals surface area contributed by atoms with Gasteiger partial charge in [0.15, 0.2) is 10.2 Å². The second-order valence-electron chi connectivity index (χ2n) is 6.50. The first-order chi connectivity index (χ1) is 12.8. The van der Waals surface area contributed by atoms with Crippen molar-refractivity contribution >= 4 is 49.9 Å². The van der Waals surface area contributed by atoms with Crippen LogP contribution in [0.4, 0.5) is 5.13 Å². The molecule has 27 heavy (non-hydrogen) atoms. The lowest BCUT2D eigenvalue weighted by Gasteiger charge is -2.11. The summed E-state index contributed by atoms with van der Waals surface area (Å²) in [6.07, 6.45) is 0.0389. The fourth-order valence-corrected chi connectivity index (χ4v) is 3.87. The third-order valence-corrected chi connectivity index (χ3v) is 5.17. The van der Waals surface area contributed by atoms with Crippen LogP contribution in [0.3, 0.4) is 0 Å². The molecule has 0 aliphatic rings. The zero-order valence-corrected chi connectivity index (χ0v) is 17.3. The van der Waals surface area contributed by atoms with Crippen LogP contribution < -0.4 is 15.4 Å². The predicted octanol–water partition coefficient (Wildman–Crippen LogP) is 4.83. The number of ether oxygens (including phenoxy) is 1. The smallest absolute Gasteiger partial charge is 0.257 e. The number of carbonyl (C=O) groups is 1. The van der Waals surface area contributed by atoms with E-state index in [1.165, 1.54) is 11.3 Å². The van der Waals surface area contributed by atoms with Gasteiger partial charge in [0.2, 0.25) is 0 Å². The normalized spacial score (nSPS) is 10.9. The molecule has 2 N–H and O–H groups in total. The molecule has 0 radical (unpaired) electrons. The Balaban J connectivity index is 1.70. The fraction of sp³-hybridized carbons (Fsp3) is 0.250. The molecule has 1 aromatic heterocycles. The maximum Gasteiger partial charge on any atom is 0.257 e. The van der Waals surface area contributed by atoms with Gasteiger partial charge in [0, 0.05) is 5.56 Å². The summed E-state index contributed by atoms with van der Waals surface area (Å²) in [4.78, 5) is 17.0. The van der Waals surface area contributed by atoms with Crippen molar-refractivity contribution in [3.05, 3.63) is 53.1 Å². The molecule has 0 aliphatic heterocycles. The Labute approximate surface area is 167 Å². The second kappa shape index (κ2) is 8.02. The summed E-state index contributed by atoms with van der Waals surface area (Å²) in [5.74, 6) is 0.351. The first kappa shape index (κ1) is 19.3. The molecule has 1 amide bonds. The molecule has 0 fully saturated rings. The van der Waals surface area contributed by atoms with Crippen molar-refractivity contribution in [2.75, 3.05) is 5.32 Å². The van der Waals surface area contributed by atoms with Crippen molar-refractivity contribution in [3.63, 3.8) is 0 Å². The van der Waals surface area contributed by atoms with Gasteiger partial charge in [-0.3, -0.25) is 10.1 Å². The van der Waals surface area contributed by atoms with E-state index in [2.05, 4.69) is 28.6 Å². The van der Waals surface area contributed by atoms with E-state index >= 15 is 0 Å². The van der Waals surface area contributed by atoms with E-state index in [1.807, 2.05) is 32.9 Å². The summed E-state index contributed by atoms with van der Waals surface area (Å²) in [7, 11) is 0. The number of thiazole rings is 1. The van der Waals surface area contributed by atoms with Crippen molar-refractivity contribution in [3.8, 4) is 5.75 Å². The fourth-order valence-electron chi connectivity index (χ4n) is 2.60. The number of benzene rings is 2. The molecular formula is C20H21N3O2S2. The Morgan fingerprint density at radius 1 is 1.19 bits per heavy atom. The molecule has 0 bridgehead atoms. The zero-order chi connectivity index (χ0) is 19.6. The highest BCUT2D eigenvalue weighted by molar-refractivity contribution is 7.80. The van der Waals surface area contributed by atoms with Crippen LogP contribution in [0.15, 0.2) is 36.4 Å². The van der Waals surface area contributed by atoms with Gasteiger partial charge in [-0.05, 0) is 69.2 Å². The lowest BCUT2D eigenvalue weighted by molar-refractivity contribution is 0.0977. The number of fused-ring (bicyclic) bond motifs is 1. The summed E-state index contributed by atoms with van der Waals surface area (Å²) in [6, 6.07) is 11.1. The van der Waals surface area contributed by atoms with E-state index < -0.39 is 0 Å². The lowest BCUT2D eigenvalue weighted by atomic mass is 10.1. The zero-order valence-electron chi connectivity index (χ0n) is 15.6. The number of anilines is 1. The number of nitrogens with one attached hydrogen (secondary N) is 2. The van der Waals surface area contributed by atoms with Crippen molar-refractivity contribution < 1.29 is 9.53 Å². The highest BCUT2D eigenvalue weighted by atomic mass is 32.1. The minimum Gasteiger partial charge on any atom is -0.491 e. The minimum absolute atomic E-state index is 0.0389. The SMILES string of the molecule is Cc1ccc(C)c2sc(NC(=S)NC(=O)c3cccc(OC(C)C)c3)nc12. The third-order valence-electron chi connectivity index (χ3n) is 3.86. The van der Waals surface area contributed by atoms with Gasteiger partial charge < -0.3 is 10.1 Å². The first-order valence-corrected chi connectivity index (χ1v) is 9.82. The summed E-state index contributed by atoms with van der Waals surface area (Å²) in [5.41, 5.74) is 3.71. The molecule has 3 aromatic rings. The van der Waals surface area contributed by atoms with Crippen LogP contribution in [0.2, 0.25) is 0 Å². The Bertz CT molecular complexity index is 973. The van der Waals surface area contributed by atoms with Crippen molar-refractivity contribution in [2.45, 2.75) is 33.8 Å². The van der Waals surface area contributed by atoms with E-state index in [0.717, 1.165) is 21.3 Å². The third kappa shape index (κ3) is 4.61. The average molecular weight is 400 g/mol. The Kier molecular flexibility index (Phi) is 5.72. The molecule has 140 valence electrons. The molecule has 0 saturated heterocycles. The maximum atomic E-state index is 12.5. The number of amides is 1. The van der Waals surface area contributed by atoms with E-state index in [1.54, 1.807) is 18.2 Å². The quantitative estimate of drug-likeness (QED) is 0.616. The van der Waals surface area contributed by atoms with E-state index in [4.69, 9.17) is 17.0 Å². The van der Waals surface area contributed by atoms with Gasteiger partial charge in [-0.2, -0.15) is 0 Å². The molecule has 3 rings (SSSR count). The van der Waals surface area contributed by atoms with Gasteiger partial charge in [-0.1, -0.05) is 29.5 Å². The molecule has 5 nitrogen and oxygen atoms in total. The van der Waals surface area contributed by atoms with E-state index in [9.17, 15) is 4.79 Å². The molecule has 0 spiro atoms. The Morgan fingerprint density at radius 3 is 2.63 bits per heavy atom. The number of aryl methyl sites for hydroxylation is 2. The number of nitrogens with zero attached hydrogens (tertiary/aromatic N) is 1. The van der Waals surface area contributed by atoms with Crippen molar-refractivity contribution in [2.24, 2.45) is 0 Å². The van der Waals surface area contributed by atoms with E-state index in [-0.39, 0.29) is 17.1 Å². The number of hydrogen-bond donors (Lipinski definition) is 2. The molecule has 2 aromatic carbocycles. The van der Waals surface area contributed by atoms with Crippen LogP contribution in [-0.4, -0.2) is 22.1 Å². The number of hydrogen-bond acceptors (Lipinski definition) is 5. The monoisotopic (exact) mass is 399 g/mol. The standard InChI is InChI=1S/C20H21N3O2S2/c1-11(2)25-15-7-5-6-14(10-15)18(24)22-19(26)23-20-21-16-12(3)8-9-13(4)17(16)27-20/h5-11H,1-4H3,(H2,21,22,23,24,26). The van der Waals surface area contributed by atoms with Crippen molar-refractivity contribution in [1.29, 1.82) is 0 Å². The topological polar surface area (TPSA) is 63.2 Å². The number of rotatable bonds is 4. The van der Waals surface area contributed by atoms with Gasteiger partial charge in [0.25, 0.3) is 5.91 Å². The highest BCUT2D eigenvalue weighted by Gasteiger charge is 2.13. The minimum atomic E-state index is -0.296. The Morgan fingerprint density at radius 2 is 1.93 bits per heavy atom. The summed E-state index contributed by atoms with van der Waals surface area (Å²) in [6.45, 7) is 7.95. The summed E-state index contributed by atoms with van der Waals surface area (Å²) >= 11 is 6.80. The van der Waals surface area contributed by atoms with Crippen LogP contribution in [0.1, 0.15) is 35.3 Å². The number of carbonyl (C=O) groups excluding carboxylic acids is 1. The van der Waals surface area contributed by atoms with Crippen LogP contribution >= 0.6 is 23.6 Å². The second-order valence-corrected chi connectivity index (χ2v) is 7.91. The van der Waals surface area contributed by atoms with Crippen LogP contribution in [0.25, 0.3) is 10.2 Å². The number of aromatic nitrogens is 1. The van der Waals surface area contributed by atoms with Crippen molar-refractivity contribution in [1.82, 2.24) is 10.3 Å². The summed E-state index contributed by atoms with van der Waals surface area (Å²) < 4.78 is 6.74. The van der Waals surface area contributed by atoms with Crippen LogP contribution in [0, 0.1) is 13.8 Å². The van der Waals surface area contributed by atoms with Gasteiger partial charge in [-0.15, -0.1) is 0 Å². The molecule has 7 heteroatoms. The average Bonchev–Trinajstić information content (AvgIpc) is 3.02. The van der Waals surface area contributed by atoms with Gasteiger partial charge >= 0.3 is 0 Å². The van der Waals surface area contributed by atoms with Crippen LogP contribution in [0.5, 0.6) is 5.75 Å².